The fourth-order valence-corrected chi connectivity index (χ4v) is 1.44. The second-order valence-corrected chi connectivity index (χ2v) is 2.52. The van der Waals surface area contributed by atoms with E-state index in [2.05, 4.69) is 5.32 Å². The molecule has 1 fully saturated rings. The summed E-state index contributed by atoms with van der Waals surface area (Å²) >= 11 is 1.84. The van der Waals surface area contributed by atoms with Gasteiger partial charge in [0.1, 0.15) is 0 Å². The monoisotopic (exact) mass is 116 g/mol. The molecule has 2 nitrogen and oxygen atoms in total. The lowest BCUT2D eigenvalue weighted by atomic mass is 10.4. The average Bonchev–Trinajstić information content (AvgIpc) is 2.14. The van der Waals surface area contributed by atoms with Gasteiger partial charge in [0, 0.05) is 17.8 Å². The molecule has 0 amide bonds. The van der Waals surface area contributed by atoms with E-state index in [0.29, 0.717) is 6.04 Å². The van der Waals surface area contributed by atoms with Crippen LogP contribution in [0.25, 0.3) is 0 Å². The number of rotatable bonds is 1. The predicted octanol–water partition coefficient (Wildman–Crippen LogP) is 0.298. The third kappa shape index (κ3) is 1.17. The van der Waals surface area contributed by atoms with Gasteiger partial charge in [0.15, 0.2) is 0 Å². The number of nitrogens with one attached hydrogen (secondary N) is 2. The highest BCUT2D eigenvalue weighted by molar-refractivity contribution is 7.99. The van der Waals surface area contributed by atoms with Crippen LogP contribution in [0.1, 0.15) is 0 Å². The van der Waals surface area contributed by atoms with Gasteiger partial charge in [-0.1, -0.05) is 0 Å². The first-order valence-electron chi connectivity index (χ1n) is 2.25. The zero-order valence-electron chi connectivity index (χ0n) is 3.98. The lowest BCUT2D eigenvalue weighted by Crippen LogP contribution is -2.24. The Morgan fingerprint density at radius 1 is 1.86 bits per heavy atom. The maximum Gasteiger partial charge on any atom is 0.0516 e. The molecule has 0 aromatic carbocycles. The third-order valence-corrected chi connectivity index (χ3v) is 1.91. The number of hydrogen-bond acceptors (Lipinski definition) is 3. The van der Waals surface area contributed by atoms with Crippen molar-refractivity contribution in [3.05, 3.63) is 0 Å². The van der Waals surface area contributed by atoms with Gasteiger partial charge in [0.05, 0.1) is 6.04 Å². The van der Waals surface area contributed by atoms with Crippen LogP contribution in [-0.2, 0) is 0 Å². The molecule has 0 bridgehead atoms. The average molecular weight is 116 g/mol. The van der Waals surface area contributed by atoms with E-state index < -0.39 is 0 Å². The van der Waals surface area contributed by atoms with Crippen molar-refractivity contribution >= 4 is 18.0 Å². The van der Waals surface area contributed by atoms with E-state index in [9.17, 15) is 0 Å². The van der Waals surface area contributed by atoms with Crippen LogP contribution in [0.2, 0.25) is 0 Å². The molecule has 3 heteroatoms. The van der Waals surface area contributed by atoms with E-state index in [-0.39, 0.29) is 0 Å². The molecule has 0 aromatic heterocycles. The highest BCUT2D eigenvalue weighted by atomic mass is 32.2. The molecular formula is C4H8N2S. The molecule has 0 aromatic rings. The quantitative estimate of drug-likeness (QED) is 0.483. The Morgan fingerprint density at radius 3 is 3.00 bits per heavy atom. The molecule has 1 aliphatic heterocycles. The SMILES string of the molecule is N=CC1CSCN1. The number of thioether (sulfide) groups is 1. The Hall–Kier alpha value is -0.0200. The minimum Gasteiger partial charge on any atom is -0.311 e. The Labute approximate surface area is 47.2 Å². The first-order chi connectivity index (χ1) is 3.43. The highest BCUT2D eigenvalue weighted by Gasteiger charge is 2.09. The van der Waals surface area contributed by atoms with Crippen LogP contribution < -0.4 is 5.32 Å². The van der Waals surface area contributed by atoms with Gasteiger partial charge in [-0.15, -0.1) is 11.8 Å². The highest BCUT2D eigenvalue weighted by Crippen LogP contribution is 2.06. The van der Waals surface area contributed by atoms with Crippen molar-refractivity contribution in [1.29, 1.82) is 5.41 Å². The largest absolute Gasteiger partial charge is 0.311 e. The molecule has 0 aliphatic carbocycles. The summed E-state index contributed by atoms with van der Waals surface area (Å²) in [5.74, 6) is 2.09. The molecule has 0 saturated carbocycles. The molecule has 1 rings (SSSR count). The maximum atomic E-state index is 6.80. The van der Waals surface area contributed by atoms with Crippen LogP contribution in [0.5, 0.6) is 0 Å². The summed E-state index contributed by atoms with van der Waals surface area (Å²) in [6.07, 6.45) is 1.46. The number of hydrogen-bond donors (Lipinski definition) is 2. The van der Waals surface area contributed by atoms with Gasteiger partial charge >= 0.3 is 0 Å². The van der Waals surface area contributed by atoms with E-state index in [1.807, 2.05) is 11.8 Å². The summed E-state index contributed by atoms with van der Waals surface area (Å²) in [6.45, 7) is 0. The van der Waals surface area contributed by atoms with Gasteiger partial charge in [-0.25, -0.2) is 0 Å². The van der Waals surface area contributed by atoms with Crippen molar-refractivity contribution < 1.29 is 0 Å². The maximum absolute atomic E-state index is 6.80. The van der Waals surface area contributed by atoms with Crippen LogP contribution in [0, 0.1) is 5.41 Å². The first-order valence-corrected chi connectivity index (χ1v) is 3.40. The molecule has 1 atom stereocenters. The second kappa shape index (κ2) is 2.33. The summed E-state index contributed by atoms with van der Waals surface area (Å²) in [5.41, 5.74) is 0. The topological polar surface area (TPSA) is 35.9 Å². The predicted molar refractivity (Wildman–Crippen MR) is 33.0 cm³/mol. The van der Waals surface area contributed by atoms with Crippen LogP contribution in [0.3, 0.4) is 0 Å². The van der Waals surface area contributed by atoms with Crippen molar-refractivity contribution in [2.24, 2.45) is 0 Å². The smallest absolute Gasteiger partial charge is 0.0516 e. The standard InChI is InChI=1S/C4H8N2S/c5-1-4-2-7-3-6-4/h1,4-6H,2-3H2. The molecule has 2 N–H and O–H groups in total. The summed E-state index contributed by atoms with van der Waals surface area (Å²) in [6, 6.07) is 0.352. The molecule has 1 unspecified atom stereocenters. The van der Waals surface area contributed by atoms with E-state index in [1.165, 1.54) is 6.21 Å². The van der Waals surface area contributed by atoms with Gasteiger partial charge in [0.2, 0.25) is 0 Å². The fourth-order valence-electron chi connectivity index (χ4n) is 0.518. The van der Waals surface area contributed by atoms with Crippen molar-refractivity contribution in [2.45, 2.75) is 6.04 Å². The second-order valence-electron chi connectivity index (χ2n) is 1.49. The van der Waals surface area contributed by atoms with Crippen LogP contribution >= 0.6 is 11.8 Å². The van der Waals surface area contributed by atoms with Crippen LogP contribution in [0.4, 0.5) is 0 Å². The zero-order chi connectivity index (χ0) is 5.11. The van der Waals surface area contributed by atoms with Gasteiger partial charge in [-0.2, -0.15) is 0 Å². The van der Waals surface area contributed by atoms with Crippen LogP contribution in [-0.4, -0.2) is 23.9 Å². The Kier molecular flexibility index (Phi) is 1.70. The minimum atomic E-state index is 0.352. The van der Waals surface area contributed by atoms with Gasteiger partial charge in [-0.3, -0.25) is 5.32 Å². The summed E-state index contributed by atoms with van der Waals surface area (Å²) in [7, 11) is 0. The van der Waals surface area contributed by atoms with Crippen molar-refractivity contribution in [3.63, 3.8) is 0 Å². The molecule has 1 aliphatic rings. The summed E-state index contributed by atoms with van der Waals surface area (Å²) < 4.78 is 0. The molecule has 0 radical (unpaired) electrons. The molecule has 7 heavy (non-hydrogen) atoms. The van der Waals surface area contributed by atoms with E-state index in [0.717, 1.165) is 11.6 Å². The Morgan fingerprint density at radius 2 is 2.71 bits per heavy atom. The van der Waals surface area contributed by atoms with Crippen LogP contribution in [0.15, 0.2) is 0 Å². The van der Waals surface area contributed by atoms with E-state index in [4.69, 9.17) is 5.41 Å². The van der Waals surface area contributed by atoms with Gasteiger partial charge < -0.3 is 5.41 Å². The Balaban J connectivity index is 2.26. The molecule has 40 valence electrons. The Bertz CT molecular complexity index is 68.1. The molecule has 0 spiro atoms. The van der Waals surface area contributed by atoms with Crippen molar-refractivity contribution in [3.8, 4) is 0 Å². The lowest BCUT2D eigenvalue weighted by Gasteiger charge is -1.95. The zero-order valence-corrected chi connectivity index (χ0v) is 4.79. The van der Waals surface area contributed by atoms with Crippen molar-refractivity contribution in [1.82, 2.24) is 5.32 Å². The van der Waals surface area contributed by atoms with E-state index >= 15 is 0 Å². The third-order valence-electron chi connectivity index (χ3n) is 0.946. The van der Waals surface area contributed by atoms with E-state index in [1.54, 1.807) is 0 Å². The fraction of sp³-hybridized carbons (Fsp3) is 0.750. The first kappa shape index (κ1) is 5.12. The molecular weight excluding hydrogens is 108 g/mol. The lowest BCUT2D eigenvalue weighted by molar-refractivity contribution is 0.796. The minimum absolute atomic E-state index is 0.352. The summed E-state index contributed by atoms with van der Waals surface area (Å²) in [4.78, 5) is 0. The normalized spacial score (nSPS) is 30.6. The molecule has 1 saturated heterocycles. The van der Waals surface area contributed by atoms with Gasteiger partial charge in [-0.05, 0) is 0 Å². The summed E-state index contributed by atoms with van der Waals surface area (Å²) in [5, 5.41) is 9.93. The molecule has 1 heterocycles. The van der Waals surface area contributed by atoms with Crippen molar-refractivity contribution in [2.75, 3.05) is 11.6 Å². The van der Waals surface area contributed by atoms with Gasteiger partial charge in [0.25, 0.3) is 0 Å².